The maximum atomic E-state index is 13.0. The molecule has 0 unspecified atom stereocenters. The molecule has 32 heavy (non-hydrogen) atoms. The third-order valence-electron chi connectivity index (χ3n) is 5.15. The van der Waals surface area contributed by atoms with Crippen LogP contribution in [0.25, 0.3) is 0 Å². The Kier molecular flexibility index (Phi) is 7.45. The second kappa shape index (κ2) is 10.9. The van der Waals surface area contributed by atoms with E-state index in [1.165, 1.54) is 12.1 Å². The number of halogens is 1. The number of anilines is 2. The Morgan fingerprint density at radius 3 is 2.53 bits per heavy atom. The van der Waals surface area contributed by atoms with Gasteiger partial charge in [0.2, 0.25) is 11.8 Å². The molecule has 3 aromatic rings. The van der Waals surface area contributed by atoms with E-state index in [-0.39, 0.29) is 5.82 Å². The monoisotopic (exact) mass is 451 g/mol. The summed E-state index contributed by atoms with van der Waals surface area (Å²) in [7, 11) is 0. The highest BCUT2D eigenvalue weighted by molar-refractivity contribution is 7.80. The fraction of sp³-hybridized carbons (Fsp3) is 0.292. The Labute approximate surface area is 192 Å². The summed E-state index contributed by atoms with van der Waals surface area (Å²) in [6.45, 7) is 2.61. The van der Waals surface area contributed by atoms with E-state index in [9.17, 15) is 4.39 Å². The average Bonchev–Trinajstić information content (AvgIpc) is 3.34. The topological polar surface area (TPSA) is 62.3 Å². The van der Waals surface area contributed by atoms with Crippen molar-refractivity contribution < 1.29 is 9.13 Å². The zero-order valence-electron chi connectivity index (χ0n) is 17.8. The zero-order valence-corrected chi connectivity index (χ0v) is 18.6. The molecule has 0 bridgehead atoms. The number of para-hydroxylation sites is 1. The summed E-state index contributed by atoms with van der Waals surface area (Å²) >= 11 is 5.43. The Bertz CT molecular complexity index is 1030. The molecule has 0 saturated carbocycles. The molecule has 166 valence electrons. The van der Waals surface area contributed by atoms with Gasteiger partial charge in [-0.25, -0.2) is 4.39 Å². The number of ether oxygens (including phenoxy) is 1. The molecule has 0 spiro atoms. The van der Waals surface area contributed by atoms with Crippen molar-refractivity contribution in [2.45, 2.75) is 25.7 Å². The number of aryl methyl sites for hydroxylation is 1. The lowest BCUT2D eigenvalue weighted by Gasteiger charge is -2.18. The molecule has 0 amide bonds. The first-order chi connectivity index (χ1) is 15.7. The number of nitrogens with one attached hydrogen (secondary N) is 2. The molecule has 2 heterocycles. The summed E-state index contributed by atoms with van der Waals surface area (Å²) in [5, 5.41) is 6.71. The number of rotatable bonds is 8. The normalized spacial score (nSPS) is 13.1. The van der Waals surface area contributed by atoms with Crippen LogP contribution in [0.2, 0.25) is 0 Å². The SMILES string of the molecule is Fc1ccc(CCCNC(=S)Nc2nc(Oc3ccccc3)cc(N3CCCC3)n2)cc1. The van der Waals surface area contributed by atoms with Crippen LogP contribution in [0, 0.1) is 5.82 Å². The van der Waals surface area contributed by atoms with Gasteiger partial charge in [0.1, 0.15) is 17.4 Å². The predicted octanol–water partition coefficient (Wildman–Crippen LogP) is 4.93. The van der Waals surface area contributed by atoms with Gasteiger partial charge in [0.25, 0.3) is 0 Å². The van der Waals surface area contributed by atoms with E-state index in [1.54, 1.807) is 12.1 Å². The van der Waals surface area contributed by atoms with E-state index < -0.39 is 0 Å². The van der Waals surface area contributed by atoms with Crippen molar-refractivity contribution in [3.8, 4) is 11.6 Å². The number of aromatic nitrogens is 2. The van der Waals surface area contributed by atoms with E-state index in [0.29, 0.717) is 29.2 Å². The highest BCUT2D eigenvalue weighted by atomic mass is 32.1. The van der Waals surface area contributed by atoms with Crippen LogP contribution in [0.15, 0.2) is 60.7 Å². The molecule has 8 heteroatoms. The van der Waals surface area contributed by atoms with Crippen molar-refractivity contribution >= 4 is 29.1 Å². The first kappa shape index (κ1) is 22.0. The van der Waals surface area contributed by atoms with Crippen molar-refractivity contribution in [2.75, 3.05) is 29.9 Å². The number of thiocarbonyl (C=S) groups is 1. The summed E-state index contributed by atoms with van der Waals surface area (Å²) < 4.78 is 19.0. The van der Waals surface area contributed by atoms with Crippen molar-refractivity contribution in [1.29, 1.82) is 0 Å². The molecule has 4 rings (SSSR count). The van der Waals surface area contributed by atoms with Gasteiger partial charge in [0, 0.05) is 25.7 Å². The largest absolute Gasteiger partial charge is 0.439 e. The second-order valence-electron chi connectivity index (χ2n) is 7.61. The highest BCUT2D eigenvalue weighted by Crippen LogP contribution is 2.26. The van der Waals surface area contributed by atoms with Crippen LogP contribution in [0.1, 0.15) is 24.8 Å². The van der Waals surface area contributed by atoms with Gasteiger partial charge in [-0.2, -0.15) is 9.97 Å². The minimum Gasteiger partial charge on any atom is -0.439 e. The van der Waals surface area contributed by atoms with E-state index in [2.05, 4.69) is 25.5 Å². The van der Waals surface area contributed by atoms with E-state index >= 15 is 0 Å². The standard InChI is InChI=1S/C24H26FN5OS/c25-19-12-10-18(11-13-19)7-6-14-26-24(32)29-23-27-21(30-15-4-5-16-30)17-22(28-23)31-20-8-2-1-3-9-20/h1-3,8-13,17H,4-7,14-16H2,(H2,26,27,28,29,32). The Balaban J connectivity index is 1.36. The van der Waals surface area contributed by atoms with Gasteiger partial charge in [0.15, 0.2) is 5.11 Å². The molecule has 2 N–H and O–H groups in total. The molecule has 1 aliphatic heterocycles. The lowest BCUT2D eigenvalue weighted by atomic mass is 10.1. The maximum absolute atomic E-state index is 13.0. The molecule has 2 aromatic carbocycles. The van der Waals surface area contributed by atoms with Gasteiger partial charge in [-0.3, -0.25) is 0 Å². The Hall–Kier alpha value is -3.26. The van der Waals surface area contributed by atoms with Gasteiger partial charge in [-0.05, 0) is 67.7 Å². The fourth-order valence-electron chi connectivity index (χ4n) is 3.53. The Morgan fingerprint density at radius 1 is 1.03 bits per heavy atom. The van der Waals surface area contributed by atoms with Crippen LogP contribution in [-0.4, -0.2) is 34.7 Å². The highest BCUT2D eigenvalue weighted by Gasteiger charge is 2.17. The molecule has 0 aliphatic carbocycles. The number of hydrogen-bond acceptors (Lipinski definition) is 5. The van der Waals surface area contributed by atoms with Gasteiger partial charge >= 0.3 is 0 Å². The first-order valence-electron chi connectivity index (χ1n) is 10.8. The molecule has 0 radical (unpaired) electrons. The van der Waals surface area contributed by atoms with E-state index in [1.807, 2.05) is 36.4 Å². The predicted molar refractivity (Wildman–Crippen MR) is 129 cm³/mol. The molecule has 1 aliphatic rings. The third-order valence-corrected chi connectivity index (χ3v) is 5.40. The molecule has 1 fully saturated rings. The second-order valence-corrected chi connectivity index (χ2v) is 8.02. The minimum atomic E-state index is -0.218. The van der Waals surface area contributed by atoms with Crippen LogP contribution in [0.5, 0.6) is 11.6 Å². The molecule has 1 saturated heterocycles. The van der Waals surface area contributed by atoms with Crippen molar-refractivity contribution in [3.05, 3.63) is 72.0 Å². The lowest BCUT2D eigenvalue weighted by Crippen LogP contribution is -2.30. The quantitative estimate of drug-likeness (QED) is 0.372. The summed E-state index contributed by atoms with van der Waals surface area (Å²) in [6.07, 6.45) is 4.00. The number of hydrogen-bond donors (Lipinski definition) is 2. The van der Waals surface area contributed by atoms with E-state index in [4.69, 9.17) is 17.0 Å². The van der Waals surface area contributed by atoms with Crippen molar-refractivity contribution in [2.24, 2.45) is 0 Å². The van der Waals surface area contributed by atoms with Crippen molar-refractivity contribution in [3.63, 3.8) is 0 Å². The van der Waals surface area contributed by atoms with E-state index in [0.717, 1.165) is 50.2 Å². The van der Waals surface area contributed by atoms with Gasteiger partial charge in [0.05, 0.1) is 0 Å². The Morgan fingerprint density at radius 2 is 1.78 bits per heavy atom. The molecule has 1 aromatic heterocycles. The zero-order chi connectivity index (χ0) is 22.2. The van der Waals surface area contributed by atoms with Crippen LogP contribution in [-0.2, 0) is 6.42 Å². The summed E-state index contributed by atoms with van der Waals surface area (Å²) in [5.41, 5.74) is 1.09. The minimum absolute atomic E-state index is 0.218. The third kappa shape index (κ3) is 6.37. The van der Waals surface area contributed by atoms with Crippen LogP contribution in [0.4, 0.5) is 16.2 Å². The first-order valence-corrected chi connectivity index (χ1v) is 11.2. The van der Waals surface area contributed by atoms with Crippen LogP contribution in [0.3, 0.4) is 0 Å². The summed E-state index contributed by atoms with van der Waals surface area (Å²) in [5.74, 6) is 2.19. The maximum Gasteiger partial charge on any atom is 0.234 e. The van der Waals surface area contributed by atoms with Crippen LogP contribution < -0.4 is 20.3 Å². The van der Waals surface area contributed by atoms with Crippen LogP contribution >= 0.6 is 12.2 Å². The fourth-order valence-corrected chi connectivity index (χ4v) is 3.72. The van der Waals surface area contributed by atoms with Gasteiger partial charge in [-0.15, -0.1) is 0 Å². The lowest BCUT2D eigenvalue weighted by molar-refractivity contribution is 0.462. The van der Waals surface area contributed by atoms with Gasteiger partial charge < -0.3 is 20.3 Å². The molecular formula is C24H26FN5OS. The smallest absolute Gasteiger partial charge is 0.234 e. The average molecular weight is 452 g/mol. The summed E-state index contributed by atoms with van der Waals surface area (Å²) in [6, 6.07) is 18.0. The number of nitrogens with zero attached hydrogens (tertiary/aromatic N) is 3. The summed E-state index contributed by atoms with van der Waals surface area (Å²) in [4.78, 5) is 11.4. The molecule has 6 nitrogen and oxygen atoms in total. The molecule has 0 atom stereocenters. The molecular weight excluding hydrogens is 425 g/mol. The number of benzene rings is 2. The van der Waals surface area contributed by atoms with Gasteiger partial charge in [-0.1, -0.05) is 30.3 Å². The van der Waals surface area contributed by atoms with Crippen molar-refractivity contribution in [1.82, 2.24) is 15.3 Å².